The van der Waals surface area contributed by atoms with Crippen molar-refractivity contribution >= 4 is 7.37 Å². The molecule has 88 valence electrons. The van der Waals surface area contributed by atoms with Crippen molar-refractivity contribution in [3.05, 3.63) is 0 Å². The predicted octanol–water partition coefficient (Wildman–Crippen LogP) is -0.969. The van der Waals surface area contributed by atoms with Crippen molar-refractivity contribution in [1.29, 1.82) is 0 Å². The van der Waals surface area contributed by atoms with E-state index in [-0.39, 0.29) is 24.0 Å². The molecular formula is C9H23INO2P. The molecule has 0 fully saturated rings. The Balaban J connectivity index is 0. The van der Waals surface area contributed by atoms with Gasteiger partial charge in [-0.1, -0.05) is 13.8 Å². The van der Waals surface area contributed by atoms with E-state index >= 15 is 0 Å². The largest absolute Gasteiger partial charge is 1.00 e. The smallest absolute Gasteiger partial charge is 0.202 e. The molecule has 0 amide bonds. The lowest BCUT2D eigenvalue weighted by molar-refractivity contribution is -0.870. The van der Waals surface area contributed by atoms with Crippen LogP contribution in [0.5, 0.6) is 0 Å². The third-order valence-electron chi connectivity index (χ3n) is 2.05. The van der Waals surface area contributed by atoms with Gasteiger partial charge in [0.15, 0.2) is 0 Å². The molecule has 5 heteroatoms. The van der Waals surface area contributed by atoms with E-state index < -0.39 is 7.37 Å². The number of likely N-dealkylation sites (N-methyl/N-ethyl adjacent to an activating group) is 1. The van der Waals surface area contributed by atoms with E-state index in [0.29, 0.717) is 18.9 Å². The first-order valence-electron chi connectivity index (χ1n) is 4.86. The van der Waals surface area contributed by atoms with Gasteiger partial charge in [-0.15, -0.1) is 0 Å². The lowest BCUT2D eigenvalue weighted by atomic mass is 10.5. The Morgan fingerprint density at radius 2 is 1.57 bits per heavy atom. The summed E-state index contributed by atoms with van der Waals surface area (Å²) in [6.45, 7) is 5.36. The average molecular weight is 335 g/mol. The Labute approximate surface area is 105 Å². The Hall–Kier alpha value is 0.880. The lowest BCUT2D eigenvalue weighted by Crippen LogP contribution is -3.00. The molecule has 0 saturated heterocycles. The lowest BCUT2D eigenvalue weighted by Gasteiger charge is -2.24. The van der Waals surface area contributed by atoms with Crippen LogP contribution in [0.2, 0.25) is 0 Å². The van der Waals surface area contributed by atoms with Gasteiger partial charge in [0.1, 0.15) is 13.2 Å². The molecule has 0 N–H and O–H groups in total. The molecular weight excluding hydrogens is 312 g/mol. The molecule has 0 aliphatic rings. The zero-order valence-electron chi connectivity index (χ0n) is 9.92. The summed E-state index contributed by atoms with van der Waals surface area (Å²) >= 11 is 0. The van der Waals surface area contributed by atoms with Crippen molar-refractivity contribution in [2.24, 2.45) is 0 Å². The fourth-order valence-electron chi connectivity index (χ4n) is 0.887. The minimum Gasteiger partial charge on any atom is -1.00 e. The van der Waals surface area contributed by atoms with Crippen LogP contribution in [-0.2, 0) is 9.09 Å². The maximum Gasteiger partial charge on any atom is 0.202 e. The third-order valence-corrected chi connectivity index (χ3v) is 4.63. The van der Waals surface area contributed by atoms with E-state index in [4.69, 9.17) is 4.52 Å². The highest BCUT2D eigenvalue weighted by atomic mass is 127. The van der Waals surface area contributed by atoms with Crippen molar-refractivity contribution in [3.63, 3.8) is 0 Å². The van der Waals surface area contributed by atoms with Gasteiger partial charge in [-0.3, -0.25) is 4.57 Å². The SMILES string of the molecule is CCP(=O)(CC)OCC[N+](C)(C)C.[I-]. The maximum atomic E-state index is 11.8. The molecule has 0 rings (SSSR count). The van der Waals surface area contributed by atoms with Crippen LogP contribution in [0, 0.1) is 0 Å². The molecule has 3 nitrogen and oxygen atoms in total. The number of hydrogen-bond acceptors (Lipinski definition) is 2. The fourth-order valence-corrected chi connectivity index (χ4v) is 2.11. The molecule has 0 heterocycles. The summed E-state index contributed by atoms with van der Waals surface area (Å²) in [4.78, 5) is 0. The maximum absolute atomic E-state index is 11.8. The number of hydrogen-bond donors (Lipinski definition) is 0. The van der Waals surface area contributed by atoms with Gasteiger partial charge < -0.3 is 33.0 Å². The standard InChI is InChI=1S/C9H23NO2P.HI/c1-6-13(11,7-2)12-9-8-10(3,4)5;/h6-9H2,1-5H3;1H/q+1;/p-1. The monoisotopic (exact) mass is 335 g/mol. The van der Waals surface area contributed by atoms with Crippen LogP contribution in [-0.4, -0.2) is 51.1 Å². The summed E-state index contributed by atoms with van der Waals surface area (Å²) in [6, 6.07) is 0. The number of nitrogens with zero attached hydrogens (tertiary/aromatic N) is 1. The molecule has 0 aliphatic heterocycles. The van der Waals surface area contributed by atoms with Gasteiger partial charge in [0.05, 0.1) is 21.1 Å². The number of rotatable bonds is 6. The summed E-state index contributed by atoms with van der Waals surface area (Å²) in [5.41, 5.74) is 0. The van der Waals surface area contributed by atoms with Crippen molar-refractivity contribution in [1.82, 2.24) is 0 Å². The zero-order chi connectivity index (χ0) is 10.5. The Bertz CT molecular complexity index is 184. The number of quaternary nitrogens is 1. The van der Waals surface area contributed by atoms with Crippen molar-refractivity contribution in [2.75, 3.05) is 46.6 Å². The summed E-state index contributed by atoms with van der Waals surface area (Å²) in [7, 11) is 4.03. The van der Waals surface area contributed by atoms with E-state index in [1.165, 1.54) is 0 Å². The second kappa shape index (κ2) is 7.20. The molecule has 0 radical (unpaired) electrons. The highest BCUT2D eigenvalue weighted by Gasteiger charge is 2.18. The molecule has 0 bridgehead atoms. The summed E-state index contributed by atoms with van der Waals surface area (Å²) < 4.78 is 18.1. The Kier molecular flexibility index (Phi) is 8.89. The van der Waals surface area contributed by atoms with E-state index in [2.05, 4.69) is 21.1 Å². The third kappa shape index (κ3) is 8.21. The molecule has 0 aromatic heterocycles. The van der Waals surface area contributed by atoms with E-state index in [0.717, 1.165) is 11.0 Å². The quantitative estimate of drug-likeness (QED) is 0.355. The van der Waals surface area contributed by atoms with Gasteiger partial charge in [-0.2, -0.15) is 0 Å². The first kappa shape index (κ1) is 17.3. The van der Waals surface area contributed by atoms with E-state index in [9.17, 15) is 4.57 Å². The van der Waals surface area contributed by atoms with Crippen LogP contribution in [0.4, 0.5) is 0 Å². The molecule has 0 saturated carbocycles. The second-order valence-corrected chi connectivity index (χ2v) is 7.45. The van der Waals surface area contributed by atoms with Gasteiger partial charge in [0.25, 0.3) is 0 Å². The van der Waals surface area contributed by atoms with E-state index in [1.807, 2.05) is 13.8 Å². The van der Waals surface area contributed by atoms with Crippen molar-refractivity contribution < 1.29 is 37.5 Å². The number of halogens is 1. The van der Waals surface area contributed by atoms with Gasteiger partial charge in [0.2, 0.25) is 7.37 Å². The van der Waals surface area contributed by atoms with Gasteiger partial charge in [0, 0.05) is 12.3 Å². The highest BCUT2D eigenvalue weighted by Crippen LogP contribution is 2.45. The first-order chi connectivity index (χ1) is 5.83. The molecule has 0 aromatic rings. The molecule has 0 aliphatic carbocycles. The van der Waals surface area contributed by atoms with Crippen LogP contribution in [0.25, 0.3) is 0 Å². The fraction of sp³-hybridized carbons (Fsp3) is 1.00. The highest BCUT2D eigenvalue weighted by molar-refractivity contribution is 7.58. The van der Waals surface area contributed by atoms with Crippen LogP contribution >= 0.6 is 7.37 Å². The molecule has 0 atom stereocenters. The summed E-state index contributed by atoms with van der Waals surface area (Å²) in [6.07, 6.45) is 1.31. The summed E-state index contributed by atoms with van der Waals surface area (Å²) in [5.74, 6) is 0. The molecule has 0 spiro atoms. The van der Waals surface area contributed by atoms with Crippen molar-refractivity contribution in [3.8, 4) is 0 Å². The topological polar surface area (TPSA) is 26.3 Å². The van der Waals surface area contributed by atoms with Gasteiger partial charge >= 0.3 is 0 Å². The normalized spacial score (nSPS) is 12.4. The van der Waals surface area contributed by atoms with Gasteiger partial charge in [-0.25, -0.2) is 0 Å². The van der Waals surface area contributed by atoms with Crippen LogP contribution in [0.15, 0.2) is 0 Å². The van der Waals surface area contributed by atoms with E-state index in [1.54, 1.807) is 0 Å². The second-order valence-electron chi connectivity index (χ2n) is 4.29. The van der Waals surface area contributed by atoms with Crippen molar-refractivity contribution in [2.45, 2.75) is 13.8 Å². The van der Waals surface area contributed by atoms with Gasteiger partial charge in [-0.05, 0) is 0 Å². The average Bonchev–Trinajstić information content (AvgIpc) is 2.02. The summed E-state index contributed by atoms with van der Waals surface area (Å²) in [5, 5.41) is 0. The minimum atomic E-state index is -2.28. The first-order valence-corrected chi connectivity index (χ1v) is 6.85. The minimum absolute atomic E-state index is 0. The van der Waals surface area contributed by atoms with Crippen LogP contribution in [0.3, 0.4) is 0 Å². The molecule has 0 unspecified atom stereocenters. The predicted molar refractivity (Wildman–Crippen MR) is 57.5 cm³/mol. The zero-order valence-corrected chi connectivity index (χ0v) is 13.0. The molecule has 14 heavy (non-hydrogen) atoms. The Morgan fingerprint density at radius 1 is 1.14 bits per heavy atom. The Morgan fingerprint density at radius 3 is 1.86 bits per heavy atom. The van der Waals surface area contributed by atoms with Crippen LogP contribution in [0.1, 0.15) is 13.8 Å². The molecule has 0 aromatic carbocycles. The van der Waals surface area contributed by atoms with Crippen LogP contribution < -0.4 is 24.0 Å².